The minimum atomic E-state index is -1.71. The molecule has 0 aliphatic carbocycles. The van der Waals surface area contributed by atoms with Crippen molar-refractivity contribution in [2.45, 2.75) is 121 Å². The van der Waals surface area contributed by atoms with Crippen LogP contribution in [-0.2, 0) is 174 Å². The predicted molar refractivity (Wildman–Crippen MR) is 542 cm³/mol. The topological polar surface area (TPSA) is 244 Å². The summed E-state index contributed by atoms with van der Waals surface area (Å²) >= 11 is 16.9. The SMILES string of the molecule is CC(C)(C1=C[Si](C)(C)C(Cc2sccc2[S-])=N1)C1=C[Si](C)(C)C(Cc2sccc2[S-])=N1.CC(C)(c1coc(-c2nc3ccccc3[n-]2)n1)c1coc(-c2nc3ccccc3[n-]2)n1.CC(C)(c1csc(-c2[c-]cc(F)cc2F)n1)c1csc(-c2[c-]cc(F)cc2F)n1.Fc1c[c-]c(-c2nc(CCc3coc(-c4[c-]cc(F)cc4F)n3)co2)c(F)c1.[Pt+2].[Pt+2].[Pt+2].[Pt+2].[Pt+2].[c-]1ccccc1-c1ccn(Cc2ccn(-c3[c-]cccc3)n2)n1. The second kappa shape index (κ2) is 48.4. The van der Waals surface area contributed by atoms with Crippen LogP contribution in [-0.4, -0.2) is 86.3 Å². The van der Waals surface area contributed by atoms with Gasteiger partial charge in [0.2, 0.25) is 11.8 Å². The van der Waals surface area contributed by atoms with Crippen LogP contribution < -0.4 is 9.97 Å². The Morgan fingerprint density at radius 1 is 0.408 bits per heavy atom. The van der Waals surface area contributed by atoms with E-state index in [9.17, 15) is 35.1 Å². The average molecular weight is 3020 g/mol. The maximum atomic E-state index is 14.0. The molecule has 0 unspecified atom stereocenters. The first-order valence-electron chi connectivity index (χ1n) is 44.2. The fourth-order valence-corrected chi connectivity index (χ4v) is 24.3. The van der Waals surface area contributed by atoms with Crippen molar-refractivity contribution in [3.05, 3.63) is 384 Å². The van der Waals surface area contributed by atoms with Crippen LogP contribution in [0.5, 0.6) is 0 Å². The number of aromatic nitrogens is 14. The molecule has 0 radical (unpaired) electrons. The van der Waals surface area contributed by atoms with Crippen molar-refractivity contribution in [3.8, 4) is 84.4 Å². The van der Waals surface area contributed by atoms with Crippen LogP contribution in [0.1, 0.15) is 91.2 Å². The summed E-state index contributed by atoms with van der Waals surface area (Å²) in [6.45, 7) is 22.5. The van der Waals surface area contributed by atoms with Crippen molar-refractivity contribution in [2.75, 3.05) is 0 Å². The number of fused-ring (bicyclic) bond motifs is 2. The number of benzene rings is 8. The third-order valence-corrected chi connectivity index (χ3v) is 33.7. The fourth-order valence-electron chi connectivity index (χ4n) is 15.1. The minimum Gasteiger partial charge on any atom is -0.779 e. The molecule has 20 aromatic rings. The summed E-state index contributed by atoms with van der Waals surface area (Å²) in [4.78, 5) is 59.5. The molecule has 758 valence electrons. The maximum Gasteiger partial charge on any atom is 2.00 e. The molecule has 2 aliphatic rings. The first kappa shape index (κ1) is 113. The summed E-state index contributed by atoms with van der Waals surface area (Å²) < 4.78 is 133. The van der Waals surface area contributed by atoms with Gasteiger partial charge in [0.05, 0.1) is 51.8 Å². The number of thiazole rings is 2. The largest absolute Gasteiger partial charge is 2.00 e. The van der Waals surface area contributed by atoms with E-state index in [4.69, 9.17) is 52.9 Å². The van der Waals surface area contributed by atoms with Crippen LogP contribution in [0.3, 0.4) is 0 Å². The Kier molecular flexibility index (Phi) is 37.3. The Labute approximate surface area is 941 Å². The van der Waals surface area contributed by atoms with Crippen molar-refractivity contribution in [1.82, 2.24) is 69.4 Å². The number of imidazole rings is 2. The molecule has 0 saturated heterocycles. The van der Waals surface area contributed by atoms with Crippen molar-refractivity contribution in [3.63, 3.8) is 0 Å². The van der Waals surface area contributed by atoms with E-state index in [1.54, 1.807) is 46.0 Å². The first-order valence-corrected chi connectivity index (χ1v) is 54.7. The van der Waals surface area contributed by atoms with Gasteiger partial charge < -0.3 is 62.9 Å². The summed E-state index contributed by atoms with van der Waals surface area (Å²) in [5.41, 5.74) is 16.7. The minimum absolute atomic E-state index is 0. The first-order chi connectivity index (χ1) is 68.1. The molecule has 22 rings (SSSR count). The van der Waals surface area contributed by atoms with Crippen LogP contribution in [0.15, 0.2) is 289 Å². The number of hydrogen-bond donors (Lipinski definition) is 0. The van der Waals surface area contributed by atoms with Crippen LogP contribution in [0.25, 0.3) is 106 Å². The van der Waals surface area contributed by atoms with Gasteiger partial charge >= 0.3 is 105 Å². The molecule has 0 saturated carbocycles. The van der Waals surface area contributed by atoms with Gasteiger partial charge in [-0.25, -0.2) is 15.1 Å². The number of aliphatic imine (C=N–C) groups is 2. The quantitative estimate of drug-likeness (QED) is 0.0250. The smallest absolute Gasteiger partial charge is 0.779 e. The zero-order valence-corrected chi connectivity index (χ0v) is 97.2. The number of hydrogen-bond acceptors (Lipinski definition) is 22. The van der Waals surface area contributed by atoms with Gasteiger partial charge in [-0.1, -0.05) is 151 Å². The van der Waals surface area contributed by atoms with E-state index in [-0.39, 0.29) is 145 Å². The van der Waals surface area contributed by atoms with Crippen LogP contribution >= 0.6 is 45.3 Å². The van der Waals surface area contributed by atoms with Gasteiger partial charge in [-0.15, -0.1) is 90.5 Å². The molecule has 0 bridgehead atoms. The second-order valence-electron chi connectivity index (χ2n) is 35.6. The van der Waals surface area contributed by atoms with Crippen LogP contribution in [0.4, 0.5) is 35.1 Å². The second-order valence-corrected chi connectivity index (χ2v) is 48.8. The van der Waals surface area contributed by atoms with Crippen LogP contribution in [0.2, 0.25) is 26.2 Å². The van der Waals surface area contributed by atoms with E-state index >= 15 is 0 Å². The molecule has 0 fully saturated rings. The molecule has 0 amide bonds. The van der Waals surface area contributed by atoms with Crippen molar-refractivity contribution in [2.24, 2.45) is 15.4 Å². The van der Waals surface area contributed by atoms with Gasteiger partial charge in [-0.05, 0) is 109 Å². The fraction of sp³-hybridized carbons (Fsp3) is 0.170. The Morgan fingerprint density at radius 2 is 0.830 bits per heavy atom. The molecule has 41 heteroatoms. The molecule has 147 heavy (non-hydrogen) atoms. The van der Waals surface area contributed by atoms with E-state index < -0.39 is 73.5 Å². The molecule has 20 nitrogen and oxygen atoms in total. The average Bonchev–Trinajstić information content (AvgIpc) is 1.62. The van der Waals surface area contributed by atoms with E-state index in [0.29, 0.717) is 87.0 Å². The Bertz CT molecular complexity index is 7600. The summed E-state index contributed by atoms with van der Waals surface area (Å²) in [7, 11) is -3.43. The normalized spacial score (nSPS) is 12.9. The van der Waals surface area contributed by atoms with Gasteiger partial charge in [0.15, 0.2) is 0 Å². The molecule has 14 heterocycles. The molecule has 0 N–H and O–H groups in total. The maximum absolute atomic E-state index is 14.0. The van der Waals surface area contributed by atoms with E-state index in [1.807, 2.05) is 171 Å². The molecular formula is C106H80F8N16O4Pt5S6Si2. The third kappa shape index (κ3) is 26.3. The molecule has 0 atom stereocenters. The third-order valence-electron chi connectivity index (χ3n) is 23.5. The number of aryl methyl sites for hydroxylation is 2. The number of oxazole rings is 4. The summed E-state index contributed by atoms with van der Waals surface area (Å²) in [5, 5.41) is 20.3. The van der Waals surface area contributed by atoms with Crippen molar-refractivity contribution in [1.29, 1.82) is 0 Å². The molecule has 8 aromatic carbocycles. The monoisotopic (exact) mass is 3020 g/mol. The van der Waals surface area contributed by atoms with Gasteiger partial charge in [-0.2, -0.15) is 84.5 Å². The van der Waals surface area contributed by atoms with E-state index in [1.165, 1.54) is 67.0 Å². The van der Waals surface area contributed by atoms with Gasteiger partial charge in [0.1, 0.15) is 53.0 Å². The number of halogens is 8. The number of thiophene rings is 2. The van der Waals surface area contributed by atoms with Gasteiger partial charge in [0.25, 0.3) is 0 Å². The molecule has 2 aliphatic heterocycles. The molecular weight excluding hydrogens is 2940 g/mol. The van der Waals surface area contributed by atoms with Crippen molar-refractivity contribution < 1.29 is 158 Å². The summed E-state index contributed by atoms with van der Waals surface area (Å²) in [6, 6.07) is 62.5. The van der Waals surface area contributed by atoms with E-state index in [2.05, 4.69) is 159 Å². The van der Waals surface area contributed by atoms with Crippen LogP contribution in [0, 0.1) is 88.4 Å². The molecule has 0 spiro atoms. The zero-order chi connectivity index (χ0) is 99.5. The summed E-state index contributed by atoms with van der Waals surface area (Å²) in [6.07, 6.45) is 12.4. The Hall–Kier alpha value is -10.8. The number of para-hydroxylation sites is 5. The van der Waals surface area contributed by atoms with Gasteiger partial charge in [0, 0.05) is 143 Å². The Morgan fingerprint density at radius 3 is 1.24 bits per heavy atom. The predicted octanol–water partition coefficient (Wildman–Crippen LogP) is 25.7. The zero-order valence-electron chi connectivity index (χ0n) is 79.0. The molecule has 12 aromatic heterocycles. The van der Waals surface area contributed by atoms with Crippen molar-refractivity contribution >= 4 is 119 Å². The number of rotatable bonds is 23. The summed E-state index contributed by atoms with van der Waals surface area (Å²) in [5.74, 6) is -4.40. The standard InChI is InChI=1S/C23H16N6O2.C23H30N2S4Si2.C21H12F4N2S2.C20H10F4N2O2.C19H14N4.5Pt/c1-23(2,17-11-30-21(28-17)19-24-13-7-3-4-8-14(13)25-19)18-12-31-22(29-18)20-26-15-9-5-6-10-16(15)27-20;1-23(2,19-13-30(3,4)21(24-19)11-17-15(26)7-9-28-17)20-14-31(5,6)22(25-20)12-18-16(27)8-10-29-18;1-21(2,17-9-28-19(26-17)13-5-3-11(22)7-15(13)24)18-10-29-20(27-18)14-6-4-12(23)8-16(14)25;21-11-1-5-15(17(23)7-11)19-25-13(9-27-19)3-4-14-10-28-20(26-14)16-6-2-12(22)8-18(16)24;1-3-7-16(8-4-1)19-12-13-22(21-19)15-17-11-14-23(20-17)18-9-5-2-6-10-18;;;;;/h3-12H,1-2H3;7-10,13-14,26-27H,11-12H2,1-6H3;3-4,7-10H,1-2H3;1-2,7-10H,3-4H2;1-7,9,11-14H,15H2;;;;;/q-2;;3*-2;5*+2/p-2. The Balaban J connectivity index is 0.000000153. The van der Waals surface area contributed by atoms with E-state index in [0.717, 1.165) is 116 Å². The van der Waals surface area contributed by atoms with Gasteiger partial charge in [-0.3, -0.25) is 74.4 Å². The number of nitrogens with zero attached hydrogens (tertiary/aromatic N) is 16.